The van der Waals surface area contributed by atoms with Crippen LogP contribution in [-0.2, 0) is 11.2 Å². The van der Waals surface area contributed by atoms with E-state index >= 15 is 0 Å². The molecule has 3 nitrogen and oxygen atoms in total. The van der Waals surface area contributed by atoms with Crippen molar-refractivity contribution in [1.29, 1.82) is 0 Å². The average molecular weight is 250 g/mol. The minimum Gasteiger partial charge on any atom is -0.341 e. The third-order valence-electron chi connectivity index (χ3n) is 4.01. The first kappa shape index (κ1) is 11.2. The molecule has 1 amide bonds. The summed E-state index contributed by atoms with van der Waals surface area (Å²) >= 11 is 1.71. The predicted octanol–water partition coefficient (Wildman–Crippen LogP) is 1.63. The second-order valence-electron chi connectivity index (χ2n) is 5.28. The predicted molar refractivity (Wildman–Crippen MR) is 68.9 cm³/mol. The van der Waals surface area contributed by atoms with Gasteiger partial charge < -0.3 is 10.6 Å². The Balaban J connectivity index is 1.62. The zero-order chi connectivity index (χ0) is 11.9. The number of hydrogen-bond acceptors (Lipinski definition) is 3. The lowest BCUT2D eigenvalue weighted by molar-refractivity contribution is -0.132. The summed E-state index contributed by atoms with van der Waals surface area (Å²) in [5.74, 6) is 0.542. The number of rotatable bonds is 3. The van der Waals surface area contributed by atoms with Crippen LogP contribution in [0.2, 0.25) is 0 Å². The van der Waals surface area contributed by atoms with Crippen molar-refractivity contribution in [2.45, 2.75) is 31.2 Å². The van der Waals surface area contributed by atoms with Crippen LogP contribution in [0.25, 0.3) is 0 Å². The van der Waals surface area contributed by atoms with Gasteiger partial charge in [0.25, 0.3) is 0 Å². The highest BCUT2D eigenvalue weighted by molar-refractivity contribution is 7.07. The molecule has 2 fully saturated rings. The largest absolute Gasteiger partial charge is 0.341 e. The number of nitrogens with two attached hydrogens (primary N) is 1. The standard InChI is InChI=1S/C13H18N2OS/c14-13(12(16)15-4-1-2-5-15)8-11(13)7-10-3-6-17-9-10/h3,6,9,11H,1-2,4-5,7-8,14H2/t11?,13-/m0/s1. The smallest absolute Gasteiger partial charge is 0.242 e. The molecule has 0 spiro atoms. The summed E-state index contributed by atoms with van der Waals surface area (Å²) in [6.45, 7) is 1.81. The van der Waals surface area contributed by atoms with E-state index in [2.05, 4.69) is 16.8 Å². The average Bonchev–Trinajstić information content (AvgIpc) is 2.83. The molecule has 2 N–H and O–H groups in total. The molecule has 1 unspecified atom stereocenters. The maximum Gasteiger partial charge on any atom is 0.242 e. The highest BCUT2D eigenvalue weighted by Gasteiger charge is 2.58. The lowest BCUT2D eigenvalue weighted by Gasteiger charge is -2.20. The maximum atomic E-state index is 12.3. The lowest BCUT2D eigenvalue weighted by atomic mass is 10.1. The number of thiophene rings is 1. The fourth-order valence-electron chi connectivity index (χ4n) is 2.77. The van der Waals surface area contributed by atoms with Crippen LogP contribution >= 0.6 is 11.3 Å². The highest BCUT2D eigenvalue weighted by atomic mass is 32.1. The first-order valence-corrected chi connectivity index (χ1v) is 7.24. The molecule has 2 aliphatic rings. The Morgan fingerprint density at radius 2 is 2.29 bits per heavy atom. The van der Waals surface area contributed by atoms with Gasteiger partial charge in [0.05, 0.1) is 5.54 Å². The molecular weight excluding hydrogens is 232 g/mol. The molecule has 2 atom stereocenters. The number of nitrogens with zero attached hydrogens (tertiary/aromatic N) is 1. The molecule has 1 aliphatic carbocycles. The Morgan fingerprint density at radius 3 is 2.94 bits per heavy atom. The van der Waals surface area contributed by atoms with Crippen molar-refractivity contribution in [2.24, 2.45) is 11.7 Å². The molecule has 2 heterocycles. The van der Waals surface area contributed by atoms with Gasteiger partial charge in [-0.15, -0.1) is 0 Å². The van der Waals surface area contributed by atoms with Gasteiger partial charge in [-0.25, -0.2) is 0 Å². The Hall–Kier alpha value is -0.870. The van der Waals surface area contributed by atoms with Crippen LogP contribution in [-0.4, -0.2) is 29.4 Å². The Labute approximate surface area is 106 Å². The molecule has 1 saturated heterocycles. The van der Waals surface area contributed by atoms with Crippen molar-refractivity contribution in [1.82, 2.24) is 4.90 Å². The van der Waals surface area contributed by atoms with Crippen molar-refractivity contribution >= 4 is 17.2 Å². The molecule has 1 aliphatic heterocycles. The van der Waals surface area contributed by atoms with Gasteiger partial charge in [0, 0.05) is 13.1 Å². The van der Waals surface area contributed by atoms with E-state index in [1.165, 1.54) is 5.56 Å². The molecule has 1 aromatic rings. The number of likely N-dealkylation sites (tertiary alicyclic amines) is 1. The summed E-state index contributed by atoms with van der Waals surface area (Å²) in [5.41, 5.74) is 7.01. The van der Waals surface area contributed by atoms with Crippen LogP contribution < -0.4 is 5.73 Å². The van der Waals surface area contributed by atoms with E-state index < -0.39 is 5.54 Å². The van der Waals surface area contributed by atoms with Crippen molar-refractivity contribution in [3.05, 3.63) is 22.4 Å². The van der Waals surface area contributed by atoms with E-state index in [4.69, 9.17) is 5.73 Å². The summed E-state index contributed by atoms with van der Waals surface area (Å²) < 4.78 is 0. The van der Waals surface area contributed by atoms with E-state index in [1.807, 2.05) is 4.90 Å². The van der Waals surface area contributed by atoms with Gasteiger partial charge in [-0.1, -0.05) is 0 Å². The van der Waals surface area contributed by atoms with Crippen molar-refractivity contribution < 1.29 is 4.79 Å². The molecule has 0 radical (unpaired) electrons. The first-order chi connectivity index (χ1) is 8.20. The summed E-state index contributed by atoms with van der Waals surface area (Å²) in [6.07, 6.45) is 4.09. The summed E-state index contributed by atoms with van der Waals surface area (Å²) in [5, 5.41) is 4.23. The zero-order valence-corrected chi connectivity index (χ0v) is 10.7. The molecule has 17 heavy (non-hydrogen) atoms. The summed E-state index contributed by atoms with van der Waals surface area (Å²) in [4.78, 5) is 14.2. The molecule has 1 saturated carbocycles. The second-order valence-corrected chi connectivity index (χ2v) is 6.06. The van der Waals surface area contributed by atoms with Gasteiger partial charge in [-0.2, -0.15) is 11.3 Å². The number of amides is 1. The van der Waals surface area contributed by atoms with Crippen LogP contribution in [0.4, 0.5) is 0 Å². The van der Waals surface area contributed by atoms with E-state index in [9.17, 15) is 4.79 Å². The minimum atomic E-state index is -0.549. The van der Waals surface area contributed by atoms with Crippen LogP contribution in [0, 0.1) is 5.92 Å². The molecule has 92 valence electrons. The normalized spacial score (nSPS) is 31.8. The Kier molecular flexibility index (Phi) is 2.71. The third kappa shape index (κ3) is 2.00. The van der Waals surface area contributed by atoms with Gasteiger partial charge in [0.15, 0.2) is 0 Å². The van der Waals surface area contributed by atoms with Crippen molar-refractivity contribution in [2.75, 3.05) is 13.1 Å². The highest BCUT2D eigenvalue weighted by Crippen LogP contribution is 2.45. The van der Waals surface area contributed by atoms with Gasteiger partial charge in [-0.3, -0.25) is 4.79 Å². The summed E-state index contributed by atoms with van der Waals surface area (Å²) in [6, 6.07) is 2.13. The van der Waals surface area contributed by atoms with Crippen molar-refractivity contribution in [3.8, 4) is 0 Å². The van der Waals surface area contributed by atoms with Crippen LogP contribution in [0.5, 0.6) is 0 Å². The second kappa shape index (κ2) is 4.10. The monoisotopic (exact) mass is 250 g/mol. The zero-order valence-electron chi connectivity index (χ0n) is 9.89. The van der Waals surface area contributed by atoms with E-state index in [-0.39, 0.29) is 5.91 Å². The Morgan fingerprint density at radius 1 is 1.53 bits per heavy atom. The minimum absolute atomic E-state index is 0.190. The quantitative estimate of drug-likeness (QED) is 0.886. The molecule has 0 bridgehead atoms. The van der Waals surface area contributed by atoms with Gasteiger partial charge in [-0.05, 0) is 54.0 Å². The third-order valence-corrected chi connectivity index (χ3v) is 4.74. The maximum absolute atomic E-state index is 12.3. The molecule has 0 aromatic carbocycles. The Bertz CT molecular complexity index is 411. The fourth-order valence-corrected chi connectivity index (χ4v) is 3.45. The SMILES string of the molecule is N[C@@]1(C(=O)N2CCCC2)CC1Cc1ccsc1. The van der Waals surface area contributed by atoms with E-state index in [1.54, 1.807) is 11.3 Å². The first-order valence-electron chi connectivity index (χ1n) is 6.29. The van der Waals surface area contributed by atoms with Gasteiger partial charge >= 0.3 is 0 Å². The van der Waals surface area contributed by atoms with Crippen LogP contribution in [0.15, 0.2) is 16.8 Å². The lowest BCUT2D eigenvalue weighted by Crippen LogP contribution is -2.46. The number of carbonyl (C=O) groups is 1. The molecule has 4 heteroatoms. The molecule has 1 aromatic heterocycles. The summed E-state index contributed by atoms with van der Waals surface area (Å²) in [7, 11) is 0. The molecule has 3 rings (SSSR count). The van der Waals surface area contributed by atoms with Gasteiger partial charge in [0.1, 0.15) is 0 Å². The van der Waals surface area contributed by atoms with Crippen LogP contribution in [0.1, 0.15) is 24.8 Å². The molecular formula is C13H18N2OS. The number of hydrogen-bond donors (Lipinski definition) is 1. The van der Waals surface area contributed by atoms with E-state index in [0.717, 1.165) is 38.8 Å². The van der Waals surface area contributed by atoms with Crippen LogP contribution in [0.3, 0.4) is 0 Å². The number of carbonyl (C=O) groups excluding carboxylic acids is 1. The topological polar surface area (TPSA) is 46.3 Å². The van der Waals surface area contributed by atoms with Gasteiger partial charge in [0.2, 0.25) is 5.91 Å². The van der Waals surface area contributed by atoms with E-state index in [0.29, 0.717) is 5.92 Å². The fraction of sp³-hybridized carbons (Fsp3) is 0.615. The van der Waals surface area contributed by atoms with Crippen molar-refractivity contribution in [3.63, 3.8) is 0 Å².